The molecule has 0 bridgehead atoms. The number of aromatic nitrogens is 1. The Morgan fingerprint density at radius 1 is 1.65 bits per heavy atom. The van der Waals surface area contributed by atoms with Crippen molar-refractivity contribution >= 4 is 17.5 Å². The number of carbonyl (C=O) groups is 1. The van der Waals surface area contributed by atoms with Crippen molar-refractivity contribution in [1.29, 1.82) is 0 Å². The zero-order valence-corrected chi connectivity index (χ0v) is 10.7. The van der Waals surface area contributed by atoms with Gasteiger partial charge in [-0.3, -0.25) is 4.79 Å². The number of likely N-dealkylation sites (tertiary alicyclic amines) is 1. The number of nitrogens with zero attached hydrogens (tertiary/aromatic N) is 2. The first-order valence-corrected chi connectivity index (χ1v) is 6.32. The fourth-order valence-electron chi connectivity index (χ4n) is 2.17. The minimum atomic E-state index is -0.385. The molecule has 0 radical (unpaired) electrons. The maximum atomic E-state index is 12.2. The fourth-order valence-corrected chi connectivity index (χ4v) is 2.39. The van der Waals surface area contributed by atoms with E-state index >= 15 is 0 Å². The molecule has 1 aliphatic heterocycles. The Labute approximate surface area is 106 Å². The van der Waals surface area contributed by atoms with E-state index in [4.69, 9.17) is 11.6 Å². The average molecular weight is 257 g/mol. The highest BCUT2D eigenvalue weighted by atomic mass is 35.5. The number of aliphatic hydroxyl groups is 1. The number of aryl methyl sites for hydroxylation is 1. The molecule has 0 unspecified atom stereocenters. The minimum Gasteiger partial charge on any atom is -0.391 e. The van der Waals surface area contributed by atoms with Crippen LogP contribution in [0.1, 0.15) is 30.3 Å². The molecule has 0 spiro atoms. The van der Waals surface area contributed by atoms with Gasteiger partial charge in [0.2, 0.25) is 0 Å². The van der Waals surface area contributed by atoms with E-state index in [-0.39, 0.29) is 12.0 Å². The van der Waals surface area contributed by atoms with Gasteiger partial charge in [0, 0.05) is 25.8 Å². The third-order valence-electron chi connectivity index (χ3n) is 3.00. The summed E-state index contributed by atoms with van der Waals surface area (Å²) in [6.45, 7) is 3.88. The molecule has 1 aliphatic rings. The predicted molar refractivity (Wildman–Crippen MR) is 66.3 cm³/mol. The lowest BCUT2D eigenvalue weighted by Gasteiger charge is -2.16. The molecule has 4 nitrogen and oxygen atoms in total. The van der Waals surface area contributed by atoms with E-state index in [9.17, 15) is 9.90 Å². The summed E-state index contributed by atoms with van der Waals surface area (Å²) in [5.41, 5.74) is 0.617. The largest absolute Gasteiger partial charge is 0.391 e. The minimum absolute atomic E-state index is 0.0399. The third-order valence-corrected chi connectivity index (χ3v) is 3.20. The number of amides is 1. The maximum absolute atomic E-state index is 12.2. The molecule has 2 heterocycles. The summed E-state index contributed by atoms with van der Waals surface area (Å²) in [4.78, 5) is 13.9. The Morgan fingerprint density at radius 2 is 2.41 bits per heavy atom. The number of rotatable bonds is 3. The third kappa shape index (κ3) is 2.64. The number of halogens is 1. The molecule has 5 heteroatoms. The molecule has 2 rings (SSSR count). The first-order chi connectivity index (χ1) is 8.11. The quantitative estimate of drug-likeness (QED) is 0.896. The molecule has 0 aromatic carbocycles. The monoisotopic (exact) mass is 256 g/mol. The van der Waals surface area contributed by atoms with Crippen molar-refractivity contribution in [2.24, 2.45) is 0 Å². The smallest absolute Gasteiger partial charge is 0.270 e. The molecule has 1 amide bonds. The van der Waals surface area contributed by atoms with Crippen LogP contribution in [0.5, 0.6) is 0 Å². The van der Waals surface area contributed by atoms with Gasteiger partial charge >= 0.3 is 0 Å². The summed E-state index contributed by atoms with van der Waals surface area (Å²) in [5, 5.41) is 10.0. The number of β-amino-alcohol motifs (C(OH)–C–C–N with tert-alkyl or cyclic N) is 1. The first kappa shape index (κ1) is 12.5. The van der Waals surface area contributed by atoms with Gasteiger partial charge in [-0.1, -0.05) is 18.5 Å². The average Bonchev–Trinajstić information content (AvgIpc) is 2.85. The van der Waals surface area contributed by atoms with Gasteiger partial charge in [-0.05, 0) is 18.9 Å². The van der Waals surface area contributed by atoms with E-state index in [0.29, 0.717) is 30.2 Å². The van der Waals surface area contributed by atoms with E-state index in [1.807, 2.05) is 4.57 Å². The van der Waals surface area contributed by atoms with Crippen LogP contribution in [0.15, 0.2) is 12.3 Å². The van der Waals surface area contributed by atoms with Crippen molar-refractivity contribution in [2.75, 3.05) is 13.1 Å². The Kier molecular flexibility index (Phi) is 3.74. The Balaban J connectivity index is 2.18. The summed E-state index contributed by atoms with van der Waals surface area (Å²) in [5.74, 6) is -0.0399. The van der Waals surface area contributed by atoms with Crippen molar-refractivity contribution < 1.29 is 9.90 Å². The van der Waals surface area contributed by atoms with Crippen molar-refractivity contribution in [2.45, 2.75) is 32.4 Å². The molecule has 0 aliphatic carbocycles. The highest BCUT2D eigenvalue weighted by Crippen LogP contribution is 2.19. The molecule has 1 saturated heterocycles. The summed E-state index contributed by atoms with van der Waals surface area (Å²) in [7, 11) is 0. The Bertz CT molecular complexity index is 417. The molecular weight excluding hydrogens is 240 g/mol. The normalized spacial score (nSPS) is 19.9. The van der Waals surface area contributed by atoms with E-state index in [0.717, 1.165) is 13.0 Å². The van der Waals surface area contributed by atoms with E-state index in [2.05, 4.69) is 6.92 Å². The van der Waals surface area contributed by atoms with Crippen LogP contribution < -0.4 is 0 Å². The fraction of sp³-hybridized carbons (Fsp3) is 0.583. The second kappa shape index (κ2) is 5.10. The number of hydrogen-bond acceptors (Lipinski definition) is 2. The van der Waals surface area contributed by atoms with Crippen LogP contribution >= 0.6 is 11.6 Å². The van der Waals surface area contributed by atoms with Gasteiger partial charge in [0.15, 0.2) is 0 Å². The number of carbonyl (C=O) groups excluding carboxylic acids is 1. The highest BCUT2D eigenvalue weighted by molar-refractivity contribution is 6.31. The Hall–Kier alpha value is -1.00. The van der Waals surface area contributed by atoms with Crippen LogP contribution in [0.25, 0.3) is 0 Å². The summed E-state index contributed by atoms with van der Waals surface area (Å²) in [6.07, 6.45) is 3.01. The second-order valence-electron chi connectivity index (χ2n) is 4.43. The van der Waals surface area contributed by atoms with Crippen LogP contribution in [0.3, 0.4) is 0 Å². The molecule has 1 aromatic rings. The number of aliphatic hydroxyl groups excluding tert-OH is 1. The molecule has 1 aromatic heterocycles. The van der Waals surface area contributed by atoms with Gasteiger partial charge in [0.25, 0.3) is 5.91 Å². The van der Waals surface area contributed by atoms with Gasteiger partial charge in [-0.15, -0.1) is 0 Å². The van der Waals surface area contributed by atoms with Crippen LogP contribution in [0, 0.1) is 0 Å². The molecular formula is C12H17ClN2O2. The predicted octanol–water partition coefficient (Wildman–Crippen LogP) is 1.76. The topological polar surface area (TPSA) is 45.5 Å². The van der Waals surface area contributed by atoms with Crippen LogP contribution in [0.4, 0.5) is 0 Å². The molecule has 1 fully saturated rings. The summed E-state index contributed by atoms with van der Waals surface area (Å²) < 4.78 is 1.88. The standard InChI is InChI=1S/C12H17ClN2O2/c1-2-4-14-7-9(13)6-11(14)12(17)15-5-3-10(16)8-15/h6-7,10,16H,2-5,8H2,1H3/t10-/m0/s1. The molecule has 0 saturated carbocycles. The van der Waals surface area contributed by atoms with E-state index in [1.54, 1.807) is 17.2 Å². The zero-order chi connectivity index (χ0) is 12.4. The molecule has 1 N–H and O–H groups in total. The van der Waals surface area contributed by atoms with Gasteiger partial charge in [-0.25, -0.2) is 0 Å². The van der Waals surface area contributed by atoms with Crippen LogP contribution in [-0.2, 0) is 6.54 Å². The number of hydrogen-bond donors (Lipinski definition) is 1. The van der Waals surface area contributed by atoms with Crippen molar-refractivity contribution in [3.05, 3.63) is 23.0 Å². The highest BCUT2D eigenvalue weighted by Gasteiger charge is 2.27. The van der Waals surface area contributed by atoms with Crippen molar-refractivity contribution in [3.8, 4) is 0 Å². The lowest BCUT2D eigenvalue weighted by Crippen LogP contribution is -2.31. The van der Waals surface area contributed by atoms with Gasteiger partial charge < -0.3 is 14.6 Å². The second-order valence-corrected chi connectivity index (χ2v) is 4.87. The lowest BCUT2D eigenvalue weighted by molar-refractivity contribution is 0.0754. The maximum Gasteiger partial charge on any atom is 0.270 e. The Morgan fingerprint density at radius 3 is 3.00 bits per heavy atom. The van der Waals surface area contributed by atoms with Gasteiger partial charge in [-0.2, -0.15) is 0 Å². The first-order valence-electron chi connectivity index (χ1n) is 5.95. The van der Waals surface area contributed by atoms with E-state index in [1.165, 1.54) is 0 Å². The molecule has 94 valence electrons. The van der Waals surface area contributed by atoms with E-state index < -0.39 is 0 Å². The molecule has 1 atom stereocenters. The van der Waals surface area contributed by atoms with Crippen LogP contribution in [0.2, 0.25) is 5.02 Å². The summed E-state index contributed by atoms with van der Waals surface area (Å²) >= 11 is 5.94. The summed E-state index contributed by atoms with van der Waals surface area (Å²) in [6, 6.07) is 1.70. The zero-order valence-electron chi connectivity index (χ0n) is 9.90. The van der Waals surface area contributed by atoms with Crippen molar-refractivity contribution in [1.82, 2.24) is 9.47 Å². The van der Waals surface area contributed by atoms with Crippen molar-refractivity contribution in [3.63, 3.8) is 0 Å². The van der Waals surface area contributed by atoms with Crippen LogP contribution in [-0.4, -0.2) is 39.7 Å². The molecule has 17 heavy (non-hydrogen) atoms. The van der Waals surface area contributed by atoms with Gasteiger partial charge in [0.1, 0.15) is 5.69 Å². The lowest BCUT2D eigenvalue weighted by atomic mass is 10.3. The SMILES string of the molecule is CCCn1cc(Cl)cc1C(=O)N1CC[C@H](O)C1. The van der Waals surface area contributed by atoms with Gasteiger partial charge in [0.05, 0.1) is 11.1 Å².